The number of para-hydroxylation sites is 1. The average molecular weight is 369 g/mol. The van der Waals surface area contributed by atoms with E-state index in [0.29, 0.717) is 31.5 Å². The van der Waals surface area contributed by atoms with Gasteiger partial charge in [-0.1, -0.05) is 24.3 Å². The van der Waals surface area contributed by atoms with E-state index < -0.39 is 0 Å². The van der Waals surface area contributed by atoms with Gasteiger partial charge in [0.15, 0.2) is 0 Å². The molecule has 142 valence electrons. The molecule has 1 aliphatic rings. The number of hydrogen-bond acceptors (Lipinski definition) is 3. The Morgan fingerprint density at radius 1 is 1.19 bits per heavy atom. The van der Waals surface area contributed by atoms with Gasteiger partial charge >= 0.3 is 0 Å². The molecule has 0 bridgehead atoms. The second-order valence-corrected chi connectivity index (χ2v) is 7.00. The number of amides is 2. The van der Waals surface area contributed by atoms with Crippen LogP contribution >= 0.6 is 0 Å². The van der Waals surface area contributed by atoms with Crippen molar-refractivity contribution < 1.29 is 14.0 Å². The van der Waals surface area contributed by atoms with Gasteiger partial charge in [0.1, 0.15) is 5.82 Å². The van der Waals surface area contributed by atoms with Crippen LogP contribution in [0.15, 0.2) is 48.5 Å². The molecule has 1 fully saturated rings. The molecule has 27 heavy (non-hydrogen) atoms. The number of nitrogens with zero attached hydrogens (tertiary/aromatic N) is 2. The van der Waals surface area contributed by atoms with Gasteiger partial charge in [-0.05, 0) is 36.2 Å². The summed E-state index contributed by atoms with van der Waals surface area (Å²) < 4.78 is 13.0. The molecular formula is C21H24FN3O2. The summed E-state index contributed by atoms with van der Waals surface area (Å²) >= 11 is 0. The van der Waals surface area contributed by atoms with Crippen LogP contribution in [0.2, 0.25) is 0 Å². The zero-order valence-electron chi connectivity index (χ0n) is 15.6. The van der Waals surface area contributed by atoms with E-state index in [9.17, 15) is 14.0 Å². The van der Waals surface area contributed by atoms with E-state index in [1.807, 2.05) is 37.2 Å². The minimum absolute atomic E-state index is 0.0308. The molecule has 6 heteroatoms. The van der Waals surface area contributed by atoms with Gasteiger partial charge in [-0.25, -0.2) is 4.39 Å². The number of benzene rings is 2. The molecule has 1 heterocycles. The lowest BCUT2D eigenvalue weighted by Crippen LogP contribution is -2.38. The summed E-state index contributed by atoms with van der Waals surface area (Å²) in [5, 5.41) is 2.98. The van der Waals surface area contributed by atoms with Crippen LogP contribution < -0.4 is 10.2 Å². The lowest BCUT2D eigenvalue weighted by molar-refractivity contribution is -0.127. The first kappa shape index (κ1) is 18.9. The topological polar surface area (TPSA) is 52.7 Å². The lowest BCUT2D eigenvalue weighted by atomic mass is 10.1. The van der Waals surface area contributed by atoms with Crippen LogP contribution in [-0.4, -0.2) is 49.9 Å². The number of rotatable bonds is 6. The minimum atomic E-state index is -0.267. The number of carbonyl (C=O) groups excluding carboxylic acids is 2. The Kier molecular flexibility index (Phi) is 5.74. The van der Waals surface area contributed by atoms with E-state index in [0.717, 1.165) is 11.3 Å². The number of halogens is 1. The molecule has 0 radical (unpaired) electrons. The van der Waals surface area contributed by atoms with Crippen LogP contribution in [0, 0.1) is 5.82 Å². The molecule has 0 aliphatic carbocycles. The number of carbonyl (C=O) groups is 2. The van der Waals surface area contributed by atoms with Gasteiger partial charge in [0.05, 0.1) is 11.6 Å². The molecule has 0 saturated carbocycles. The Labute approximate surface area is 158 Å². The lowest BCUT2D eigenvalue weighted by Gasteiger charge is -2.19. The van der Waals surface area contributed by atoms with Crippen molar-refractivity contribution in [3.05, 3.63) is 65.5 Å². The van der Waals surface area contributed by atoms with Crippen LogP contribution in [0.25, 0.3) is 0 Å². The molecule has 3 rings (SSSR count). The summed E-state index contributed by atoms with van der Waals surface area (Å²) in [6.45, 7) is 1.06. The van der Waals surface area contributed by atoms with E-state index in [1.165, 1.54) is 12.1 Å². The first-order valence-electron chi connectivity index (χ1n) is 9.03. The number of nitrogens with one attached hydrogen (secondary N) is 1. The van der Waals surface area contributed by atoms with Crippen LogP contribution in [0.3, 0.4) is 0 Å². The Hall–Kier alpha value is -2.89. The quantitative estimate of drug-likeness (QED) is 0.851. The van der Waals surface area contributed by atoms with Crippen LogP contribution in [0.5, 0.6) is 0 Å². The third kappa shape index (κ3) is 4.64. The fourth-order valence-electron chi connectivity index (χ4n) is 3.32. The van der Waals surface area contributed by atoms with Crippen molar-refractivity contribution in [3.8, 4) is 0 Å². The summed E-state index contributed by atoms with van der Waals surface area (Å²) in [5.74, 6) is -0.405. The zero-order valence-corrected chi connectivity index (χ0v) is 15.6. The largest absolute Gasteiger partial charge is 0.377 e. The monoisotopic (exact) mass is 369 g/mol. The van der Waals surface area contributed by atoms with Crippen LogP contribution in [0.4, 0.5) is 10.1 Å². The number of hydrogen-bond donors (Lipinski definition) is 1. The minimum Gasteiger partial charge on any atom is -0.377 e. The van der Waals surface area contributed by atoms with Gasteiger partial charge in [-0.3, -0.25) is 9.59 Å². The Bertz CT molecular complexity index is 820. The highest BCUT2D eigenvalue weighted by atomic mass is 19.1. The Balaban J connectivity index is 1.57. The molecule has 2 aromatic carbocycles. The molecule has 5 nitrogen and oxygen atoms in total. The molecule has 1 aliphatic heterocycles. The highest BCUT2D eigenvalue weighted by Gasteiger charge is 2.30. The fourth-order valence-corrected chi connectivity index (χ4v) is 3.32. The van der Waals surface area contributed by atoms with Crippen molar-refractivity contribution in [1.29, 1.82) is 0 Å². The molecule has 2 amide bonds. The molecule has 1 atom stereocenters. The van der Waals surface area contributed by atoms with E-state index in [4.69, 9.17) is 0 Å². The molecule has 0 unspecified atom stereocenters. The highest BCUT2D eigenvalue weighted by molar-refractivity contribution is 6.00. The van der Waals surface area contributed by atoms with Crippen LogP contribution in [0.1, 0.15) is 22.3 Å². The van der Waals surface area contributed by atoms with Crippen molar-refractivity contribution in [2.45, 2.75) is 18.9 Å². The van der Waals surface area contributed by atoms with E-state index in [-0.39, 0.29) is 23.7 Å². The summed E-state index contributed by atoms with van der Waals surface area (Å²) in [5.41, 5.74) is 2.42. The van der Waals surface area contributed by atoms with Gasteiger partial charge in [-0.15, -0.1) is 0 Å². The fraction of sp³-hybridized carbons (Fsp3) is 0.333. The van der Waals surface area contributed by atoms with E-state index in [1.54, 1.807) is 23.1 Å². The van der Waals surface area contributed by atoms with Crippen molar-refractivity contribution in [2.75, 3.05) is 32.1 Å². The van der Waals surface area contributed by atoms with E-state index in [2.05, 4.69) is 5.32 Å². The van der Waals surface area contributed by atoms with Gasteiger partial charge in [0, 0.05) is 39.3 Å². The molecule has 0 spiro atoms. The first-order valence-corrected chi connectivity index (χ1v) is 9.03. The maximum Gasteiger partial charge on any atom is 0.253 e. The molecule has 0 aromatic heterocycles. The van der Waals surface area contributed by atoms with Crippen molar-refractivity contribution in [3.63, 3.8) is 0 Å². The summed E-state index contributed by atoms with van der Waals surface area (Å²) in [6.07, 6.45) is 0.968. The first-order chi connectivity index (χ1) is 12.9. The van der Waals surface area contributed by atoms with Gasteiger partial charge in [0.2, 0.25) is 5.91 Å². The maximum absolute atomic E-state index is 13.0. The zero-order chi connectivity index (χ0) is 19.4. The second-order valence-electron chi connectivity index (χ2n) is 7.00. The SMILES string of the molecule is CN(C)c1ccccc1C(=O)N[C@@H]1CC(=O)N(CCc2ccc(F)cc2)C1. The molecule has 1 saturated heterocycles. The third-order valence-corrected chi connectivity index (χ3v) is 4.76. The molecular weight excluding hydrogens is 345 g/mol. The van der Waals surface area contributed by atoms with E-state index >= 15 is 0 Å². The highest BCUT2D eigenvalue weighted by Crippen LogP contribution is 2.19. The predicted molar refractivity (Wildman–Crippen MR) is 103 cm³/mol. The number of likely N-dealkylation sites (tertiary alicyclic amines) is 1. The number of anilines is 1. The summed E-state index contributed by atoms with van der Waals surface area (Å²) in [7, 11) is 3.78. The Morgan fingerprint density at radius 3 is 2.59 bits per heavy atom. The van der Waals surface area contributed by atoms with Gasteiger partial charge in [0.25, 0.3) is 5.91 Å². The third-order valence-electron chi connectivity index (χ3n) is 4.76. The Morgan fingerprint density at radius 2 is 1.89 bits per heavy atom. The van der Waals surface area contributed by atoms with Gasteiger partial charge in [-0.2, -0.15) is 0 Å². The van der Waals surface area contributed by atoms with Crippen molar-refractivity contribution in [2.24, 2.45) is 0 Å². The average Bonchev–Trinajstić information content (AvgIpc) is 3.00. The maximum atomic E-state index is 13.0. The standard InChI is InChI=1S/C21H24FN3O2/c1-24(2)19-6-4-3-5-18(19)21(27)23-17-13-20(26)25(14-17)12-11-15-7-9-16(22)10-8-15/h3-10,17H,11-14H2,1-2H3,(H,23,27)/t17-/m1/s1. The van der Waals surface area contributed by atoms with Crippen LogP contribution in [-0.2, 0) is 11.2 Å². The second kappa shape index (κ2) is 8.20. The predicted octanol–water partition coefficient (Wildman–Crippen LogP) is 2.47. The molecule has 1 N–H and O–H groups in total. The van der Waals surface area contributed by atoms with Gasteiger partial charge < -0.3 is 15.1 Å². The summed E-state index contributed by atoms with van der Waals surface area (Å²) in [6, 6.07) is 13.5. The smallest absolute Gasteiger partial charge is 0.253 e. The molecule has 2 aromatic rings. The normalized spacial score (nSPS) is 16.5. The van der Waals surface area contributed by atoms with Crippen molar-refractivity contribution in [1.82, 2.24) is 10.2 Å². The summed E-state index contributed by atoms with van der Waals surface area (Å²) in [4.78, 5) is 28.6. The van der Waals surface area contributed by atoms with Crippen molar-refractivity contribution >= 4 is 17.5 Å².